The third-order valence-corrected chi connectivity index (χ3v) is 3.34. The summed E-state index contributed by atoms with van der Waals surface area (Å²) in [6.45, 7) is 0. The van der Waals surface area contributed by atoms with Gasteiger partial charge >= 0.3 is 0 Å². The van der Waals surface area contributed by atoms with E-state index in [2.05, 4.69) is 10.5 Å². The number of carbonyl (C=O) groups excluding carboxylic acids is 1. The topological polar surface area (TPSA) is 55.1 Å². The molecule has 0 unspecified atom stereocenters. The summed E-state index contributed by atoms with van der Waals surface area (Å²) in [6, 6.07) is 8.54. The standard InChI is InChI=1S/C17H10F4N2O2/c18-10-3-1-9(2-4-10)14-7-11(23-25-14)8-15(24)22-13-6-5-12(19)16(20)17(13)21/h1-7H,8H2,(H,22,24). The van der Waals surface area contributed by atoms with Gasteiger partial charge in [-0.05, 0) is 36.4 Å². The smallest absolute Gasteiger partial charge is 0.230 e. The van der Waals surface area contributed by atoms with E-state index < -0.39 is 34.9 Å². The van der Waals surface area contributed by atoms with Crippen molar-refractivity contribution in [1.29, 1.82) is 0 Å². The fraction of sp³-hybridized carbons (Fsp3) is 0.0588. The highest BCUT2D eigenvalue weighted by Gasteiger charge is 2.16. The van der Waals surface area contributed by atoms with Gasteiger partial charge in [-0.1, -0.05) is 5.16 Å². The number of nitrogens with one attached hydrogen (secondary N) is 1. The maximum absolute atomic E-state index is 13.5. The number of anilines is 1. The molecule has 128 valence electrons. The number of halogens is 4. The Kier molecular flexibility index (Phi) is 4.51. The fourth-order valence-electron chi connectivity index (χ4n) is 2.13. The van der Waals surface area contributed by atoms with Crippen LogP contribution in [-0.4, -0.2) is 11.1 Å². The first-order valence-electron chi connectivity index (χ1n) is 7.09. The molecule has 2 aromatic carbocycles. The van der Waals surface area contributed by atoms with Crippen LogP contribution < -0.4 is 5.32 Å². The van der Waals surface area contributed by atoms with Gasteiger partial charge in [0.15, 0.2) is 23.2 Å². The van der Waals surface area contributed by atoms with Crippen LogP contribution in [0.2, 0.25) is 0 Å². The Balaban J connectivity index is 1.70. The zero-order valence-corrected chi connectivity index (χ0v) is 12.5. The van der Waals surface area contributed by atoms with Gasteiger partial charge in [-0.15, -0.1) is 0 Å². The molecule has 25 heavy (non-hydrogen) atoms. The van der Waals surface area contributed by atoms with Crippen molar-refractivity contribution in [3.63, 3.8) is 0 Å². The third kappa shape index (κ3) is 3.68. The molecule has 1 N–H and O–H groups in total. The number of aromatic nitrogens is 1. The maximum atomic E-state index is 13.5. The van der Waals surface area contributed by atoms with E-state index in [1.807, 2.05) is 0 Å². The van der Waals surface area contributed by atoms with Gasteiger partial charge in [-0.25, -0.2) is 17.6 Å². The lowest BCUT2D eigenvalue weighted by Gasteiger charge is -2.06. The number of nitrogens with zero attached hydrogens (tertiary/aromatic N) is 1. The van der Waals surface area contributed by atoms with E-state index in [0.717, 1.165) is 6.07 Å². The Morgan fingerprint density at radius 3 is 2.44 bits per heavy atom. The van der Waals surface area contributed by atoms with E-state index >= 15 is 0 Å². The zero-order chi connectivity index (χ0) is 18.0. The summed E-state index contributed by atoms with van der Waals surface area (Å²) >= 11 is 0. The van der Waals surface area contributed by atoms with Gasteiger partial charge < -0.3 is 9.84 Å². The number of hydrogen-bond donors (Lipinski definition) is 1. The summed E-state index contributed by atoms with van der Waals surface area (Å²) in [4.78, 5) is 11.9. The molecular formula is C17H10F4N2O2. The number of carbonyl (C=O) groups is 1. The number of rotatable bonds is 4. The predicted molar refractivity (Wildman–Crippen MR) is 80.5 cm³/mol. The van der Waals surface area contributed by atoms with Gasteiger partial charge in [-0.3, -0.25) is 4.79 Å². The van der Waals surface area contributed by atoms with E-state index in [9.17, 15) is 22.4 Å². The highest BCUT2D eigenvalue weighted by Crippen LogP contribution is 2.22. The molecule has 0 spiro atoms. The average Bonchev–Trinajstić information content (AvgIpc) is 3.04. The molecule has 1 heterocycles. The molecule has 0 atom stereocenters. The zero-order valence-electron chi connectivity index (χ0n) is 12.5. The van der Waals surface area contributed by atoms with Crippen molar-refractivity contribution in [1.82, 2.24) is 5.16 Å². The predicted octanol–water partition coefficient (Wildman–Crippen LogP) is 4.08. The monoisotopic (exact) mass is 350 g/mol. The highest BCUT2D eigenvalue weighted by molar-refractivity contribution is 5.92. The highest BCUT2D eigenvalue weighted by atomic mass is 19.2. The van der Waals surface area contributed by atoms with Gasteiger partial charge in [-0.2, -0.15) is 0 Å². The van der Waals surface area contributed by atoms with Crippen LogP contribution in [0.1, 0.15) is 5.69 Å². The number of amides is 1. The molecule has 4 nitrogen and oxygen atoms in total. The Morgan fingerprint density at radius 1 is 1.00 bits per heavy atom. The third-order valence-electron chi connectivity index (χ3n) is 3.34. The van der Waals surface area contributed by atoms with Gasteiger partial charge in [0.2, 0.25) is 5.91 Å². The van der Waals surface area contributed by atoms with Crippen molar-refractivity contribution in [2.75, 3.05) is 5.32 Å². The maximum Gasteiger partial charge on any atom is 0.230 e. The first kappa shape index (κ1) is 16.7. The van der Waals surface area contributed by atoms with E-state index in [1.54, 1.807) is 0 Å². The Bertz CT molecular complexity index is 923. The van der Waals surface area contributed by atoms with Crippen LogP contribution in [0, 0.1) is 23.3 Å². The summed E-state index contributed by atoms with van der Waals surface area (Å²) in [5, 5.41) is 5.82. The summed E-state index contributed by atoms with van der Waals surface area (Å²) in [6.07, 6.45) is -0.275. The molecule has 0 radical (unpaired) electrons. The van der Waals surface area contributed by atoms with Crippen molar-refractivity contribution in [2.45, 2.75) is 6.42 Å². The molecule has 0 aliphatic rings. The lowest BCUT2D eigenvalue weighted by molar-refractivity contribution is -0.115. The van der Waals surface area contributed by atoms with Crippen LogP contribution in [-0.2, 0) is 11.2 Å². The van der Waals surface area contributed by atoms with Crippen LogP contribution in [0.4, 0.5) is 23.2 Å². The Morgan fingerprint density at radius 2 is 1.72 bits per heavy atom. The summed E-state index contributed by atoms with van der Waals surface area (Å²) in [7, 11) is 0. The molecular weight excluding hydrogens is 340 g/mol. The van der Waals surface area contributed by atoms with Crippen molar-refractivity contribution in [2.24, 2.45) is 0 Å². The molecule has 0 bridgehead atoms. The molecule has 0 saturated carbocycles. The van der Waals surface area contributed by atoms with E-state index in [1.165, 1.54) is 30.3 Å². The second-order valence-corrected chi connectivity index (χ2v) is 5.14. The van der Waals surface area contributed by atoms with Crippen molar-refractivity contribution < 1.29 is 26.9 Å². The molecule has 3 rings (SSSR count). The lowest BCUT2D eigenvalue weighted by Crippen LogP contribution is -2.16. The second-order valence-electron chi connectivity index (χ2n) is 5.14. The minimum atomic E-state index is -1.67. The normalized spacial score (nSPS) is 10.7. The van der Waals surface area contributed by atoms with Crippen LogP contribution in [0.3, 0.4) is 0 Å². The minimum Gasteiger partial charge on any atom is -0.356 e. The quantitative estimate of drug-likeness (QED) is 0.570. The minimum absolute atomic E-state index is 0.236. The van der Waals surface area contributed by atoms with Gasteiger partial charge in [0.05, 0.1) is 17.8 Å². The molecule has 8 heteroatoms. The summed E-state index contributed by atoms with van der Waals surface area (Å²) in [5.74, 6) is -5.28. The molecule has 1 amide bonds. The molecule has 0 saturated heterocycles. The van der Waals surface area contributed by atoms with E-state index in [4.69, 9.17) is 4.52 Å². The second kappa shape index (κ2) is 6.76. The Labute approximate surface area is 139 Å². The van der Waals surface area contributed by atoms with Crippen molar-refractivity contribution >= 4 is 11.6 Å². The molecule has 0 fully saturated rings. The van der Waals surface area contributed by atoms with Crippen LogP contribution in [0.5, 0.6) is 0 Å². The van der Waals surface area contributed by atoms with E-state index in [-0.39, 0.29) is 12.1 Å². The van der Waals surface area contributed by atoms with E-state index in [0.29, 0.717) is 17.4 Å². The SMILES string of the molecule is O=C(Cc1cc(-c2ccc(F)cc2)on1)Nc1ccc(F)c(F)c1F. The molecule has 0 aliphatic carbocycles. The number of hydrogen-bond acceptors (Lipinski definition) is 3. The van der Waals surface area contributed by atoms with Crippen LogP contribution >= 0.6 is 0 Å². The lowest BCUT2D eigenvalue weighted by atomic mass is 10.1. The first-order chi connectivity index (χ1) is 11.9. The van der Waals surface area contributed by atoms with Gasteiger partial charge in [0, 0.05) is 11.6 Å². The average molecular weight is 350 g/mol. The van der Waals surface area contributed by atoms with Crippen molar-refractivity contribution in [3.05, 3.63) is 71.4 Å². The number of benzene rings is 2. The fourth-order valence-corrected chi connectivity index (χ4v) is 2.13. The van der Waals surface area contributed by atoms with Gasteiger partial charge in [0.1, 0.15) is 5.82 Å². The largest absolute Gasteiger partial charge is 0.356 e. The van der Waals surface area contributed by atoms with Crippen LogP contribution in [0.25, 0.3) is 11.3 Å². The first-order valence-corrected chi connectivity index (χ1v) is 7.09. The van der Waals surface area contributed by atoms with Gasteiger partial charge in [0.25, 0.3) is 0 Å². The summed E-state index contributed by atoms with van der Waals surface area (Å²) < 4.78 is 57.5. The molecule has 1 aromatic heterocycles. The molecule has 0 aliphatic heterocycles. The Hall–Kier alpha value is -3.16. The summed E-state index contributed by atoms with van der Waals surface area (Å²) in [5.41, 5.74) is 0.318. The van der Waals surface area contributed by atoms with Crippen LogP contribution in [0.15, 0.2) is 47.0 Å². The van der Waals surface area contributed by atoms with Crippen molar-refractivity contribution in [3.8, 4) is 11.3 Å². The molecule has 3 aromatic rings.